The maximum Gasteiger partial charge on any atom is 0.255 e. The summed E-state index contributed by atoms with van der Waals surface area (Å²) in [5.74, 6) is 0.448. The average molecular weight is 235 g/mol. The predicted molar refractivity (Wildman–Crippen MR) is 64.7 cm³/mol. The van der Waals surface area contributed by atoms with E-state index in [1.165, 1.54) is 12.3 Å². The minimum Gasteiger partial charge on any atom is -0.341 e. The molecule has 92 valence electrons. The van der Waals surface area contributed by atoms with Crippen LogP contribution < -0.4 is 11.3 Å². The molecule has 0 atom stereocenters. The van der Waals surface area contributed by atoms with E-state index >= 15 is 0 Å². The highest BCUT2D eigenvalue weighted by Crippen LogP contribution is 2.26. The highest BCUT2D eigenvalue weighted by Gasteiger charge is 2.28. The molecule has 5 heteroatoms. The van der Waals surface area contributed by atoms with Gasteiger partial charge in [0.1, 0.15) is 0 Å². The zero-order valence-corrected chi connectivity index (χ0v) is 9.85. The SMILES string of the molecule is CN(CC1CC(N)C1)C(=O)c1ccc(=O)[nH]c1. The molecule has 3 N–H and O–H groups in total. The van der Waals surface area contributed by atoms with Gasteiger partial charge in [0.25, 0.3) is 5.91 Å². The molecule has 17 heavy (non-hydrogen) atoms. The lowest BCUT2D eigenvalue weighted by Gasteiger charge is -2.35. The van der Waals surface area contributed by atoms with Crippen molar-refractivity contribution in [3.05, 3.63) is 34.2 Å². The number of rotatable bonds is 3. The lowest BCUT2D eigenvalue weighted by Crippen LogP contribution is -2.43. The van der Waals surface area contributed by atoms with Crippen LogP contribution in [0.2, 0.25) is 0 Å². The second-order valence-corrected chi connectivity index (χ2v) is 4.72. The van der Waals surface area contributed by atoms with Crippen molar-refractivity contribution in [1.82, 2.24) is 9.88 Å². The zero-order valence-electron chi connectivity index (χ0n) is 9.85. The van der Waals surface area contributed by atoms with Crippen LogP contribution in [0.4, 0.5) is 0 Å². The van der Waals surface area contributed by atoms with E-state index in [-0.39, 0.29) is 11.5 Å². The molecule has 0 unspecified atom stereocenters. The van der Waals surface area contributed by atoms with Crippen LogP contribution in [0.1, 0.15) is 23.2 Å². The van der Waals surface area contributed by atoms with Gasteiger partial charge in [0, 0.05) is 31.9 Å². The van der Waals surface area contributed by atoms with Crippen molar-refractivity contribution in [2.45, 2.75) is 18.9 Å². The molecule has 0 radical (unpaired) electrons. The first-order valence-electron chi connectivity index (χ1n) is 5.76. The van der Waals surface area contributed by atoms with E-state index in [2.05, 4.69) is 4.98 Å². The predicted octanol–water partition coefficient (Wildman–Crippen LogP) is 0.184. The number of aromatic nitrogens is 1. The number of pyridine rings is 1. The summed E-state index contributed by atoms with van der Waals surface area (Å²) in [5.41, 5.74) is 6.02. The summed E-state index contributed by atoms with van der Waals surface area (Å²) in [4.78, 5) is 27.1. The Morgan fingerprint density at radius 1 is 1.53 bits per heavy atom. The molecule has 1 aliphatic rings. The van der Waals surface area contributed by atoms with Gasteiger partial charge in [-0.05, 0) is 24.8 Å². The molecule has 0 aliphatic heterocycles. The molecule has 1 saturated carbocycles. The highest BCUT2D eigenvalue weighted by molar-refractivity contribution is 5.93. The van der Waals surface area contributed by atoms with E-state index in [0.29, 0.717) is 17.5 Å². The van der Waals surface area contributed by atoms with Gasteiger partial charge in [-0.2, -0.15) is 0 Å². The second-order valence-electron chi connectivity index (χ2n) is 4.72. The molecular weight excluding hydrogens is 218 g/mol. The van der Waals surface area contributed by atoms with Crippen molar-refractivity contribution in [3.8, 4) is 0 Å². The summed E-state index contributed by atoms with van der Waals surface area (Å²) in [5, 5.41) is 0. The lowest BCUT2D eigenvalue weighted by atomic mass is 9.80. The van der Waals surface area contributed by atoms with Crippen molar-refractivity contribution in [2.75, 3.05) is 13.6 Å². The Bertz CT molecular complexity index is 443. The van der Waals surface area contributed by atoms with Gasteiger partial charge >= 0.3 is 0 Å². The van der Waals surface area contributed by atoms with Crippen molar-refractivity contribution < 1.29 is 4.79 Å². The standard InChI is InChI=1S/C12H17N3O2/c1-15(7-8-4-10(13)5-8)12(17)9-2-3-11(16)14-6-9/h2-3,6,8,10H,4-5,7,13H2,1H3,(H,14,16). The maximum atomic E-state index is 12.0. The topological polar surface area (TPSA) is 79.2 Å². The molecule has 1 aromatic heterocycles. The first-order valence-corrected chi connectivity index (χ1v) is 5.76. The molecule has 0 spiro atoms. The number of carbonyl (C=O) groups is 1. The normalized spacial score (nSPS) is 22.9. The Labute approximate surface area is 99.6 Å². The number of nitrogens with one attached hydrogen (secondary N) is 1. The molecule has 5 nitrogen and oxygen atoms in total. The molecular formula is C12H17N3O2. The third-order valence-corrected chi connectivity index (χ3v) is 3.18. The summed E-state index contributed by atoms with van der Waals surface area (Å²) in [6.45, 7) is 0.728. The molecule has 1 aliphatic carbocycles. The molecule has 1 heterocycles. The molecule has 0 bridgehead atoms. The van der Waals surface area contributed by atoms with Crippen LogP contribution >= 0.6 is 0 Å². The number of amides is 1. The third kappa shape index (κ3) is 2.74. The van der Waals surface area contributed by atoms with Gasteiger partial charge in [-0.15, -0.1) is 0 Å². The first kappa shape index (κ1) is 11.9. The zero-order chi connectivity index (χ0) is 12.4. The van der Waals surface area contributed by atoms with Gasteiger partial charge in [-0.3, -0.25) is 9.59 Å². The maximum absolute atomic E-state index is 12.0. The minimum absolute atomic E-state index is 0.0679. The number of nitrogens with two attached hydrogens (primary N) is 1. The molecule has 1 aromatic rings. The third-order valence-electron chi connectivity index (χ3n) is 3.18. The van der Waals surface area contributed by atoms with E-state index in [1.807, 2.05) is 0 Å². The van der Waals surface area contributed by atoms with Crippen molar-refractivity contribution in [3.63, 3.8) is 0 Å². The van der Waals surface area contributed by atoms with E-state index < -0.39 is 0 Å². The van der Waals surface area contributed by atoms with Crippen LogP contribution in [0.25, 0.3) is 0 Å². The number of aromatic amines is 1. The van der Waals surface area contributed by atoms with E-state index in [1.54, 1.807) is 18.0 Å². The summed E-state index contributed by atoms with van der Waals surface area (Å²) < 4.78 is 0. The second kappa shape index (κ2) is 4.71. The van der Waals surface area contributed by atoms with Crippen LogP contribution in [0.15, 0.2) is 23.1 Å². The highest BCUT2D eigenvalue weighted by atomic mass is 16.2. The van der Waals surface area contributed by atoms with Gasteiger partial charge in [-0.25, -0.2) is 0 Å². The van der Waals surface area contributed by atoms with Crippen molar-refractivity contribution >= 4 is 5.91 Å². The van der Waals surface area contributed by atoms with Gasteiger partial charge in [0.05, 0.1) is 5.56 Å². The van der Waals surface area contributed by atoms with Crippen LogP contribution in [0.5, 0.6) is 0 Å². The quantitative estimate of drug-likeness (QED) is 0.784. The fraction of sp³-hybridized carbons (Fsp3) is 0.500. The summed E-state index contributed by atoms with van der Waals surface area (Å²) in [6, 6.07) is 3.21. The number of hydrogen-bond donors (Lipinski definition) is 2. The average Bonchev–Trinajstić information content (AvgIpc) is 2.27. The van der Waals surface area contributed by atoms with Crippen LogP contribution in [0.3, 0.4) is 0 Å². The molecule has 2 rings (SSSR count). The van der Waals surface area contributed by atoms with E-state index in [0.717, 1.165) is 19.4 Å². The molecule has 0 saturated heterocycles. The van der Waals surface area contributed by atoms with Crippen LogP contribution in [0, 0.1) is 5.92 Å². The van der Waals surface area contributed by atoms with Crippen LogP contribution in [-0.4, -0.2) is 35.4 Å². The Morgan fingerprint density at radius 3 is 2.76 bits per heavy atom. The monoisotopic (exact) mass is 235 g/mol. The largest absolute Gasteiger partial charge is 0.341 e. The van der Waals surface area contributed by atoms with Gasteiger partial charge < -0.3 is 15.6 Å². The molecule has 1 amide bonds. The summed E-state index contributed by atoms with van der Waals surface area (Å²) >= 11 is 0. The Hall–Kier alpha value is -1.62. The van der Waals surface area contributed by atoms with E-state index in [4.69, 9.17) is 5.73 Å². The minimum atomic E-state index is -0.200. The number of hydrogen-bond acceptors (Lipinski definition) is 3. The Morgan fingerprint density at radius 2 is 2.24 bits per heavy atom. The molecule has 0 aromatic carbocycles. The van der Waals surface area contributed by atoms with Gasteiger partial charge in [0.2, 0.25) is 5.56 Å². The van der Waals surface area contributed by atoms with Crippen molar-refractivity contribution in [1.29, 1.82) is 0 Å². The lowest BCUT2D eigenvalue weighted by molar-refractivity contribution is 0.0733. The number of nitrogens with zero attached hydrogens (tertiary/aromatic N) is 1. The summed E-state index contributed by atoms with van der Waals surface area (Å²) in [6.07, 6.45) is 3.43. The fourth-order valence-electron chi connectivity index (χ4n) is 2.17. The van der Waals surface area contributed by atoms with Gasteiger partial charge in [-0.1, -0.05) is 0 Å². The van der Waals surface area contributed by atoms with Crippen LogP contribution in [-0.2, 0) is 0 Å². The smallest absolute Gasteiger partial charge is 0.255 e. The van der Waals surface area contributed by atoms with Gasteiger partial charge in [0.15, 0.2) is 0 Å². The number of carbonyl (C=O) groups excluding carboxylic acids is 1. The Balaban J connectivity index is 1.94. The van der Waals surface area contributed by atoms with Crippen molar-refractivity contribution in [2.24, 2.45) is 11.7 Å². The fourth-order valence-corrected chi connectivity index (χ4v) is 2.17. The summed E-state index contributed by atoms with van der Waals surface area (Å²) in [7, 11) is 1.78. The van der Waals surface area contributed by atoms with E-state index in [9.17, 15) is 9.59 Å². The molecule has 1 fully saturated rings. The first-order chi connectivity index (χ1) is 8.06. The number of H-pyrrole nitrogens is 1. The Kier molecular flexibility index (Phi) is 3.28.